The lowest BCUT2D eigenvalue weighted by Gasteiger charge is -2.16. The van der Waals surface area contributed by atoms with Crippen LogP contribution in [0.4, 0.5) is 0 Å². The van der Waals surface area contributed by atoms with Crippen molar-refractivity contribution in [1.82, 2.24) is 5.32 Å². The van der Waals surface area contributed by atoms with E-state index >= 15 is 0 Å². The van der Waals surface area contributed by atoms with E-state index in [1.807, 2.05) is 36.4 Å². The molecule has 1 heterocycles. The van der Waals surface area contributed by atoms with Crippen LogP contribution in [0.2, 0.25) is 0 Å². The van der Waals surface area contributed by atoms with E-state index in [0.717, 1.165) is 29.9 Å². The molecule has 0 radical (unpaired) electrons. The third kappa shape index (κ3) is 3.43. The molecule has 4 rings (SSSR count). The van der Waals surface area contributed by atoms with Crippen molar-refractivity contribution in [3.63, 3.8) is 0 Å². The van der Waals surface area contributed by atoms with Gasteiger partial charge in [0.1, 0.15) is 5.75 Å². The number of ether oxygens (including phenoxy) is 1. The number of benzene rings is 2. The Bertz CT molecular complexity index is 847. The number of aryl methyl sites for hydroxylation is 1. The molecule has 2 atom stereocenters. The van der Waals surface area contributed by atoms with Crippen molar-refractivity contribution in [3.05, 3.63) is 65.2 Å². The monoisotopic (exact) mass is 350 g/mol. The number of fused-ring (bicyclic) bond motifs is 1. The Hall–Kier alpha value is -2.82. The highest BCUT2D eigenvalue weighted by Gasteiger charge is 2.31. The Labute approximate surface area is 153 Å². The smallest absolute Gasteiger partial charge is 0.264 e. The second-order valence-corrected chi connectivity index (χ2v) is 6.78. The van der Waals surface area contributed by atoms with Crippen LogP contribution < -0.4 is 10.1 Å². The van der Waals surface area contributed by atoms with Crippen LogP contribution in [0.5, 0.6) is 5.75 Å². The van der Waals surface area contributed by atoms with Crippen molar-refractivity contribution in [1.29, 1.82) is 0 Å². The molecule has 0 aromatic heterocycles. The summed E-state index contributed by atoms with van der Waals surface area (Å²) in [6.07, 6.45) is 2.59. The molecule has 2 aromatic rings. The van der Waals surface area contributed by atoms with Crippen LogP contribution in [0.3, 0.4) is 0 Å². The van der Waals surface area contributed by atoms with Gasteiger partial charge >= 0.3 is 0 Å². The highest BCUT2D eigenvalue weighted by Crippen LogP contribution is 2.31. The highest BCUT2D eigenvalue weighted by molar-refractivity contribution is 5.94. The molecule has 134 valence electrons. The lowest BCUT2D eigenvalue weighted by molar-refractivity contribution is -0.131. The van der Waals surface area contributed by atoms with Gasteiger partial charge in [0.25, 0.3) is 5.91 Å². The number of carbonyl (C=O) groups excluding carboxylic acids is 1. The number of nitrogens with one attached hydrogen (secondary N) is 1. The minimum atomic E-state index is -0.539. The van der Waals surface area contributed by atoms with Gasteiger partial charge in [-0.15, -0.1) is 0 Å². The van der Waals surface area contributed by atoms with Crippen LogP contribution in [-0.2, 0) is 22.5 Å². The molecule has 1 aliphatic carbocycles. The molecular weight excluding hydrogens is 328 g/mol. The maximum Gasteiger partial charge on any atom is 0.264 e. The molecular formula is C21H22N2O3. The molecule has 2 unspecified atom stereocenters. The molecule has 5 heteroatoms. The maximum atomic E-state index is 12.6. The van der Waals surface area contributed by atoms with Crippen molar-refractivity contribution in [2.75, 3.05) is 7.11 Å². The zero-order valence-corrected chi connectivity index (χ0v) is 14.8. The third-order valence-electron chi connectivity index (χ3n) is 5.01. The van der Waals surface area contributed by atoms with Gasteiger partial charge < -0.3 is 14.9 Å². The Morgan fingerprint density at radius 3 is 3.04 bits per heavy atom. The number of methoxy groups -OCH3 is 1. The highest BCUT2D eigenvalue weighted by atomic mass is 16.6. The molecule has 1 N–H and O–H groups in total. The van der Waals surface area contributed by atoms with Gasteiger partial charge in [0.2, 0.25) is 6.10 Å². The fourth-order valence-electron chi connectivity index (χ4n) is 3.66. The molecule has 5 nitrogen and oxygen atoms in total. The van der Waals surface area contributed by atoms with E-state index in [4.69, 9.17) is 9.57 Å². The summed E-state index contributed by atoms with van der Waals surface area (Å²) in [6.45, 7) is 0. The number of hydrogen-bond acceptors (Lipinski definition) is 4. The predicted molar refractivity (Wildman–Crippen MR) is 99.3 cm³/mol. The number of nitrogens with zero attached hydrogens (tertiary/aromatic N) is 1. The number of amides is 1. The van der Waals surface area contributed by atoms with E-state index in [2.05, 4.69) is 22.6 Å². The summed E-state index contributed by atoms with van der Waals surface area (Å²) >= 11 is 0. The van der Waals surface area contributed by atoms with Crippen LogP contribution in [0, 0.1) is 0 Å². The van der Waals surface area contributed by atoms with Crippen molar-refractivity contribution >= 4 is 11.6 Å². The average molecular weight is 350 g/mol. The summed E-state index contributed by atoms with van der Waals surface area (Å²) in [5, 5.41) is 7.25. The normalized spacial score (nSPS) is 20.9. The van der Waals surface area contributed by atoms with Crippen LogP contribution in [-0.4, -0.2) is 24.8 Å². The molecule has 0 spiro atoms. The predicted octanol–water partition coefficient (Wildman–Crippen LogP) is 3.19. The maximum absolute atomic E-state index is 12.6. The van der Waals surface area contributed by atoms with Gasteiger partial charge in [-0.05, 0) is 41.7 Å². The molecule has 1 amide bonds. The van der Waals surface area contributed by atoms with Gasteiger partial charge in [-0.3, -0.25) is 4.79 Å². The van der Waals surface area contributed by atoms with Crippen molar-refractivity contribution in [2.24, 2.45) is 5.16 Å². The summed E-state index contributed by atoms with van der Waals surface area (Å²) in [5.74, 6) is 0.729. The van der Waals surface area contributed by atoms with Crippen molar-refractivity contribution < 1.29 is 14.4 Å². The zero-order chi connectivity index (χ0) is 17.9. The quantitative estimate of drug-likeness (QED) is 0.901. The standard InChI is InChI=1S/C21H22N2O3/c1-25-17-7-4-5-14(12-17)11-16-13-20(26-23-16)21(24)22-19-10-9-15-6-2-3-8-18(15)19/h2-8,12,19-20H,9-11,13H2,1H3,(H,22,24). The van der Waals surface area contributed by atoms with Gasteiger partial charge in [0.05, 0.1) is 18.9 Å². The molecule has 2 aromatic carbocycles. The van der Waals surface area contributed by atoms with Crippen LogP contribution >= 0.6 is 0 Å². The first-order valence-electron chi connectivity index (χ1n) is 8.95. The fraction of sp³-hybridized carbons (Fsp3) is 0.333. The Kier molecular flexibility index (Phi) is 4.61. The van der Waals surface area contributed by atoms with Gasteiger partial charge in [-0.25, -0.2) is 0 Å². The zero-order valence-electron chi connectivity index (χ0n) is 14.8. The average Bonchev–Trinajstić information content (AvgIpc) is 3.29. The molecule has 2 aliphatic rings. The summed E-state index contributed by atoms with van der Waals surface area (Å²) < 4.78 is 5.25. The first-order chi connectivity index (χ1) is 12.7. The van der Waals surface area contributed by atoms with Gasteiger partial charge in [0, 0.05) is 12.8 Å². The number of oxime groups is 1. The lowest BCUT2D eigenvalue weighted by Crippen LogP contribution is -2.36. The second kappa shape index (κ2) is 7.20. The Morgan fingerprint density at radius 1 is 1.27 bits per heavy atom. The Morgan fingerprint density at radius 2 is 2.15 bits per heavy atom. The van der Waals surface area contributed by atoms with Crippen LogP contribution in [0.1, 0.15) is 35.6 Å². The van der Waals surface area contributed by atoms with Crippen LogP contribution in [0.15, 0.2) is 53.7 Å². The van der Waals surface area contributed by atoms with E-state index in [9.17, 15) is 4.79 Å². The van der Waals surface area contributed by atoms with Gasteiger partial charge in [-0.1, -0.05) is 41.6 Å². The number of carbonyl (C=O) groups is 1. The molecule has 1 aliphatic heterocycles. The summed E-state index contributed by atoms with van der Waals surface area (Å²) in [7, 11) is 1.65. The molecule has 0 fully saturated rings. The molecule has 0 saturated heterocycles. The van der Waals surface area contributed by atoms with E-state index in [0.29, 0.717) is 12.8 Å². The molecule has 0 bridgehead atoms. The fourth-order valence-corrected chi connectivity index (χ4v) is 3.66. The molecule has 0 saturated carbocycles. The second-order valence-electron chi connectivity index (χ2n) is 6.78. The summed E-state index contributed by atoms with van der Waals surface area (Å²) in [5.41, 5.74) is 4.51. The van der Waals surface area contributed by atoms with Crippen LogP contribution in [0.25, 0.3) is 0 Å². The topological polar surface area (TPSA) is 59.9 Å². The first-order valence-corrected chi connectivity index (χ1v) is 8.95. The minimum Gasteiger partial charge on any atom is -0.497 e. The van der Waals surface area contributed by atoms with E-state index < -0.39 is 6.10 Å². The first kappa shape index (κ1) is 16.6. The van der Waals surface area contributed by atoms with E-state index in [1.54, 1.807) is 7.11 Å². The summed E-state index contributed by atoms with van der Waals surface area (Å²) in [6, 6.07) is 16.2. The lowest BCUT2D eigenvalue weighted by atomic mass is 10.0. The van der Waals surface area contributed by atoms with Crippen molar-refractivity contribution in [3.8, 4) is 5.75 Å². The SMILES string of the molecule is COc1cccc(CC2=NOC(C(=O)NC3CCc4ccccc43)C2)c1. The number of rotatable bonds is 5. The molecule has 26 heavy (non-hydrogen) atoms. The van der Waals surface area contributed by atoms with Crippen molar-refractivity contribution in [2.45, 2.75) is 37.8 Å². The van der Waals surface area contributed by atoms with Gasteiger partial charge in [-0.2, -0.15) is 0 Å². The number of hydrogen-bond donors (Lipinski definition) is 1. The minimum absolute atomic E-state index is 0.0738. The third-order valence-corrected chi connectivity index (χ3v) is 5.01. The summed E-state index contributed by atoms with van der Waals surface area (Å²) in [4.78, 5) is 18.0. The van der Waals surface area contributed by atoms with E-state index in [-0.39, 0.29) is 11.9 Å². The largest absolute Gasteiger partial charge is 0.497 e. The Balaban J connectivity index is 1.34. The van der Waals surface area contributed by atoms with E-state index in [1.165, 1.54) is 11.1 Å². The van der Waals surface area contributed by atoms with Gasteiger partial charge in [0.15, 0.2) is 0 Å².